The fourth-order valence-corrected chi connectivity index (χ4v) is 565. The molecular weight excluding hydrogens is 2380 g/mol. The van der Waals surface area contributed by atoms with Gasteiger partial charge in [0.05, 0.1) is 46.6 Å². The fourth-order valence-electron chi connectivity index (χ4n) is 10.2. The molecule has 0 aliphatic carbocycles. The highest BCUT2D eigenvalue weighted by atomic mass is 35.5. The third-order valence-electron chi connectivity index (χ3n) is 15.4. The highest BCUT2D eigenvalue weighted by Crippen LogP contribution is 3.34. The number of hydrogen-bond donors (Lipinski definition) is 1. The first kappa shape index (κ1) is 120. The number of Topliss-reactive ketones (excluding diaryl/α,β-unsaturated/α-hetero) is 1. The van der Waals surface area contributed by atoms with Gasteiger partial charge in [0.25, 0.3) is 0 Å². The van der Waals surface area contributed by atoms with E-state index < -0.39 is 24.3 Å². The molecule has 0 saturated heterocycles. The Morgan fingerprint density at radius 1 is 0.372 bits per heavy atom. The zero-order valence-corrected chi connectivity index (χ0v) is 113. The molecule has 0 spiro atoms. The molecule has 2 aromatic heterocycles. The van der Waals surface area contributed by atoms with Gasteiger partial charge in [-0.2, -0.15) is 10.2 Å². The number of halogens is 1. The van der Waals surface area contributed by atoms with Gasteiger partial charge in [-0.05, 0) is 223 Å². The van der Waals surface area contributed by atoms with Gasteiger partial charge in [-0.3, -0.25) is 14.2 Å². The predicted octanol–water partition coefficient (Wildman–Crippen LogP) is 37.4. The van der Waals surface area contributed by atoms with Crippen LogP contribution in [-0.2, 0) is 31.0 Å². The summed E-state index contributed by atoms with van der Waals surface area (Å²) >= 11 is 6.17. The third-order valence-corrected chi connectivity index (χ3v) is 300. The zero-order chi connectivity index (χ0) is 89.6. The van der Waals surface area contributed by atoms with Gasteiger partial charge in [0, 0.05) is 16.7 Å². The number of rotatable bonds is 40. The molecule has 15 nitrogen and oxygen atoms in total. The average Bonchev–Trinajstić information content (AvgIpc) is 1.77. The highest BCUT2D eigenvalue weighted by molar-refractivity contribution is 9.40. The standard InChI is InChI=1S/C34H29ClN2O6.C26H24N2O5.H25P23.H24P22/c1-40-26-16-12-23(13-17-26)20-37-32(25-8-4-3-5-9-25)33(42-21-24-14-18-27(41-2)19-15-24)31(36-37)34(39)43-22-30(38)28-10-6-7-11-29(28)35;1-31-21-12-8-18(9-13-21)16-28-24(20-6-4-3-5-7-20)25(23(27-28)26(29)30)33-17-19-10-14-22(32-2)15-11-19;1-13-19(12)22(18(10)11)23(20(14(2)3)15(4)5)21(16(6)7)17(8)9;1-13(2)19(14(3)4)22(20(15(5)6)16(7)8)21(17(9)10)18(11)12/h3-19H,20-22H2,1-2H3;3-15H,16-17H2,1-2H3,(H,29,30);13H,1-12H2;1-12H2. The number of esters is 1. The quantitative estimate of drug-likeness (QED) is 0.0219. The Balaban J connectivity index is 0.000000261. The molecule has 0 amide bonds. The Hall–Kier alpha value is 10.0. The number of hydrogen-bond acceptors (Lipinski definition) is 12. The number of carbonyl (C=O) groups excluding carboxylic acids is 2. The zero-order valence-electron chi connectivity index (χ0n) is 65.4. The summed E-state index contributed by atoms with van der Waals surface area (Å²) in [7, 11) is 84.1. The molecule has 0 aliphatic heterocycles. The maximum Gasteiger partial charge on any atom is 0.363 e. The molecule has 1 N–H and O–H groups in total. The second-order valence-corrected chi connectivity index (χ2v) is 201. The number of carbonyl (C=O) groups is 3. The number of ketones is 1. The number of benzene rings is 7. The summed E-state index contributed by atoms with van der Waals surface area (Å²) in [6, 6.07) is 55.6. The van der Waals surface area contributed by atoms with Crippen LogP contribution >= 0.6 is 374 Å². The molecule has 0 saturated carbocycles. The molecule has 7 aromatic carbocycles. The molecule has 9 rings (SSSR count). The van der Waals surface area contributed by atoms with Gasteiger partial charge in [0.15, 0.2) is 18.1 Å². The van der Waals surface area contributed by atoms with Gasteiger partial charge in [-0.25, -0.2) is 9.59 Å². The van der Waals surface area contributed by atoms with Crippen molar-refractivity contribution in [3.05, 3.63) is 226 Å². The number of carboxylic acid groups (broad SMARTS) is 1. The number of carboxylic acids is 1. The maximum atomic E-state index is 13.5. The molecule has 61 heteroatoms. The Bertz CT molecular complexity index is 4500. The van der Waals surface area contributed by atoms with E-state index in [1.54, 1.807) is 62.1 Å². The topological polar surface area (TPSA) is 172 Å². The van der Waals surface area contributed by atoms with Crippen LogP contribution in [0.4, 0.5) is 0 Å². The minimum absolute atomic E-state index is 0.00720. The van der Waals surface area contributed by atoms with E-state index in [2.05, 4.69) is 224 Å². The van der Waals surface area contributed by atoms with E-state index in [-0.39, 0.29) is 186 Å². The summed E-state index contributed by atoms with van der Waals surface area (Å²) < 4.78 is 42.2. The summed E-state index contributed by atoms with van der Waals surface area (Å²) in [6.45, 7) is 1.70. The van der Waals surface area contributed by atoms with Crippen LogP contribution < -0.4 is 28.4 Å². The Kier molecular flexibility index (Phi) is 63.2. The van der Waals surface area contributed by atoms with Crippen LogP contribution in [0.3, 0.4) is 0 Å². The molecule has 660 valence electrons. The summed E-state index contributed by atoms with van der Waals surface area (Å²) in [5.41, 5.74) is 6.52. The van der Waals surface area contributed by atoms with Crippen molar-refractivity contribution in [1.29, 1.82) is 0 Å². The van der Waals surface area contributed by atoms with Crippen molar-refractivity contribution >= 4 is 391 Å². The molecule has 27 atom stereocenters. The SMILES string of the molecule is COc1ccc(COc2c(C(=O)O)nn(Cc3ccc(OC)cc3)c2-c2ccccc2)cc1.COc1ccc(COc2c(C(=O)OCC(=O)c3ccccc3Cl)nn(Cc3ccc(OC)cc3)c2-c2ccccc2)cc1.PP(P)P(P(P)P)P(P(P(P)P)P(P)P)P(P(P)P)P(P)P.PPP(P)P(P(P)P)P(P(P(P)P)P(P)P)P(P(P)P)P(P)P. The molecule has 121 heavy (non-hydrogen) atoms. The van der Waals surface area contributed by atoms with Crippen molar-refractivity contribution in [1.82, 2.24) is 19.6 Å². The average molecular weight is 2480 g/mol. The number of aromatic nitrogens is 4. The van der Waals surface area contributed by atoms with Crippen LogP contribution in [-0.4, -0.2) is 77.4 Å². The molecule has 0 fully saturated rings. The van der Waals surface area contributed by atoms with Crippen LogP contribution in [0.2, 0.25) is 5.02 Å². The molecule has 0 radical (unpaired) electrons. The van der Waals surface area contributed by atoms with Crippen LogP contribution in [0.15, 0.2) is 182 Å². The lowest BCUT2D eigenvalue weighted by atomic mass is 10.1. The second kappa shape index (κ2) is 63.9. The first-order valence-electron chi connectivity index (χ1n) is 33.9. The van der Waals surface area contributed by atoms with Crippen molar-refractivity contribution in [3.8, 4) is 57.0 Å². The number of methoxy groups -OCH3 is 4. The van der Waals surface area contributed by atoms with Crippen LogP contribution in [0, 0.1) is 0 Å². The van der Waals surface area contributed by atoms with Gasteiger partial charge >= 0.3 is 11.9 Å². The van der Waals surface area contributed by atoms with Crippen LogP contribution in [0.25, 0.3) is 22.5 Å². The van der Waals surface area contributed by atoms with E-state index in [0.717, 1.165) is 58.6 Å². The van der Waals surface area contributed by atoms with Crippen molar-refractivity contribution in [2.45, 2.75) is 26.3 Å². The van der Waals surface area contributed by atoms with E-state index in [4.69, 9.17) is 44.8 Å². The lowest BCUT2D eigenvalue weighted by Crippen LogP contribution is -2.16. The third kappa shape index (κ3) is 38.9. The van der Waals surface area contributed by atoms with Gasteiger partial charge in [0.1, 0.15) is 47.6 Å². The predicted molar refractivity (Wildman–Crippen MR) is 667 cm³/mol. The normalized spacial score (nSPS) is 12.4. The van der Waals surface area contributed by atoms with Crippen molar-refractivity contribution in [2.24, 2.45) is 0 Å². The Morgan fingerprint density at radius 3 is 0.942 bits per heavy atom. The summed E-state index contributed by atoms with van der Waals surface area (Å²) in [4.78, 5) is 38.4. The van der Waals surface area contributed by atoms with E-state index in [1.165, 1.54) is 0 Å². The molecule has 27 unspecified atom stereocenters. The molecule has 9 aromatic rings. The second-order valence-electron chi connectivity index (χ2n) is 23.7. The van der Waals surface area contributed by atoms with Crippen LogP contribution in [0.1, 0.15) is 53.6 Å². The van der Waals surface area contributed by atoms with E-state index in [9.17, 15) is 19.5 Å². The summed E-state index contributed by atoms with van der Waals surface area (Å²) in [6.07, 6.45) is 0. The first-order valence-corrected chi connectivity index (χ1v) is 115. The molecule has 2 heterocycles. The molecule has 0 bridgehead atoms. The van der Waals surface area contributed by atoms with Gasteiger partial charge in [-0.1, -0.05) is 141 Å². The monoisotopic (exact) mass is 2480 g/mol. The van der Waals surface area contributed by atoms with Gasteiger partial charge in [0.2, 0.25) is 17.2 Å². The summed E-state index contributed by atoms with van der Waals surface area (Å²) in [5.74, 6) is 1.03. The fraction of sp³-hybridized carbons (Fsp3) is 0.150. The maximum absolute atomic E-state index is 13.5. The smallest absolute Gasteiger partial charge is 0.363 e. The molecular formula is C60H102ClN4O11P45. The van der Waals surface area contributed by atoms with Gasteiger partial charge < -0.3 is 38.3 Å². The van der Waals surface area contributed by atoms with Crippen molar-refractivity contribution in [2.75, 3.05) is 35.0 Å². The lowest BCUT2D eigenvalue weighted by molar-refractivity contribution is 0.0463. The van der Waals surface area contributed by atoms with E-state index >= 15 is 0 Å². The van der Waals surface area contributed by atoms with E-state index in [1.807, 2.05) is 158 Å². The minimum Gasteiger partial charge on any atom is -0.497 e. The number of ether oxygens (including phenoxy) is 7. The number of nitrogens with zero attached hydrogens (tertiary/aromatic N) is 4. The first-order chi connectivity index (χ1) is 57.4. The van der Waals surface area contributed by atoms with Crippen molar-refractivity contribution < 1.29 is 52.6 Å². The largest absolute Gasteiger partial charge is 0.497 e. The highest BCUT2D eigenvalue weighted by Gasteiger charge is 2.47. The van der Waals surface area contributed by atoms with Crippen LogP contribution in [0.5, 0.6) is 34.5 Å². The Labute approximate surface area is 799 Å². The van der Waals surface area contributed by atoms with E-state index in [0.29, 0.717) is 30.2 Å². The van der Waals surface area contributed by atoms with Gasteiger partial charge in [-0.15, -0.1) is 214 Å². The Morgan fingerprint density at radius 2 is 0.653 bits per heavy atom. The van der Waals surface area contributed by atoms with Crippen molar-refractivity contribution in [3.63, 3.8) is 0 Å². The minimum atomic E-state index is -1.15. The number of aromatic carboxylic acids is 1. The summed E-state index contributed by atoms with van der Waals surface area (Å²) in [5, 5.41) is 19.2. The lowest BCUT2D eigenvalue weighted by Gasteiger charge is -2.47. The molecule has 0 aliphatic rings.